The normalized spacial score (nSPS) is 14.0. The van der Waals surface area contributed by atoms with Crippen LogP contribution in [0, 0.1) is 0 Å². The Labute approximate surface area is 113 Å². The van der Waals surface area contributed by atoms with Crippen LogP contribution in [-0.4, -0.2) is 25.5 Å². The quantitative estimate of drug-likeness (QED) is 0.869. The van der Waals surface area contributed by atoms with E-state index in [0.717, 1.165) is 12.1 Å². The molecule has 1 atom stereocenters. The SMILES string of the molecule is CC[C@@H](NS(=O)(=O)c1ccc(C(F)(F)F)cc1)C(=O)O. The highest BCUT2D eigenvalue weighted by molar-refractivity contribution is 7.89. The molecule has 1 aromatic carbocycles. The van der Waals surface area contributed by atoms with Crippen LogP contribution in [0.15, 0.2) is 29.2 Å². The smallest absolute Gasteiger partial charge is 0.416 e. The molecule has 0 radical (unpaired) electrons. The van der Waals surface area contributed by atoms with Gasteiger partial charge in [-0.1, -0.05) is 6.92 Å². The zero-order valence-electron chi connectivity index (χ0n) is 10.3. The minimum absolute atomic E-state index is 0.00913. The summed E-state index contributed by atoms with van der Waals surface area (Å²) >= 11 is 0. The topological polar surface area (TPSA) is 83.5 Å². The van der Waals surface area contributed by atoms with Crippen molar-refractivity contribution in [2.75, 3.05) is 0 Å². The average molecular weight is 311 g/mol. The Morgan fingerprint density at radius 3 is 2.15 bits per heavy atom. The molecule has 1 aromatic rings. The lowest BCUT2D eigenvalue weighted by molar-refractivity contribution is -0.139. The van der Waals surface area contributed by atoms with Gasteiger partial charge in [0.15, 0.2) is 0 Å². The number of alkyl halides is 3. The maximum Gasteiger partial charge on any atom is 0.416 e. The van der Waals surface area contributed by atoms with Crippen molar-refractivity contribution in [3.8, 4) is 0 Å². The molecule has 5 nitrogen and oxygen atoms in total. The van der Waals surface area contributed by atoms with Gasteiger partial charge in [0.2, 0.25) is 10.0 Å². The van der Waals surface area contributed by atoms with Crippen molar-refractivity contribution in [1.29, 1.82) is 0 Å². The molecular formula is C11H12F3NO4S. The Balaban J connectivity index is 3.02. The van der Waals surface area contributed by atoms with Gasteiger partial charge in [0, 0.05) is 0 Å². The molecule has 0 aromatic heterocycles. The fraction of sp³-hybridized carbons (Fsp3) is 0.364. The predicted octanol–water partition coefficient (Wildman–Crippen LogP) is 1.85. The van der Waals surface area contributed by atoms with Gasteiger partial charge in [0.1, 0.15) is 6.04 Å². The predicted molar refractivity (Wildman–Crippen MR) is 63.5 cm³/mol. The minimum atomic E-state index is -4.57. The summed E-state index contributed by atoms with van der Waals surface area (Å²) in [7, 11) is -4.18. The number of sulfonamides is 1. The van der Waals surface area contributed by atoms with Gasteiger partial charge in [-0.15, -0.1) is 0 Å². The van der Waals surface area contributed by atoms with E-state index in [0.29, 0.717) is 12.1 Å². The number of benzene rings is 1. The molecule has 0 bridgehead atoms. The molecule has 0 fully saturated rings. The van der Waals surface area contributed by atoms with Crippen molar-refractivity contribution in [2.45, 2.75) is 30.5 Å². The van der Waals surface area contributed by atoms with Gasteiger partial charge in [-0.25, -0.2) is 8.42 Å². The fourth-order valence-corrected chi connectivity index (χ4v) is 2.66. The van der Waals surface area contributed by atoms with Crippen LogP contribution in [0.3, 0.4) is 0 Å². The summed E-state index contributed by atoms with van der Waals surface area (Å²) in [5.41, 5.74) is -0.985. The standard InChI is InChI=1S/C11H12F3NO4S/c1-2-9(10(16)17)15-20(18,19)8-5-3-7(4-6-8)11(12,13)14/h3-6,9,15H,2H2,1H3,(H,16,17)/t9-/m1/s1. The van der Waals surface area contributed by atoms with Gasteiger partial charge in [-0.2, -0.15) is 17.9 Å². The van der Waals surface area contributed by atoms with Crippen LogP contribution in [0.2, 0.25) is 0 Å². The van der Waals surface area contributed by atoms with Crippen molar-refractivity contribution >= 4 is 16.0 Å². The summed E-state index contributed by atoms with van der Waals surface area (Å²) in [5.74, 6) is -1.36. The highest BCUT2D eigenvalue weighted by Crippen LogP contribution is 2.29. The third-order valence-corrected chi connectivity index (χ3v) is 3.98. The molecule has 0 spiro atoms. The van der Waals surface area contributed by atoms with Crippen LogP contribution in [0.25, 0.3) is 0 Å². The van der Waals surface area contributed by atoms with E-state index in [2.05, 4.69) is 0 Å². The van der Waals surface area contributed by atoms with E-state index in [1.165, 1.54) is 6.92 Å². The first-order valence-electron chi connectivity index (χ1n) is 5.50. The largest absolute Gasteiger partial charge is 0.480 e. The Morgan fingerprint density at radius 1 is 1.30 bits per heavy atom. The molecule has 1 rings (SSSR count). The Morgan fingerprint density at radius 2 is 1.80 bits per heavy atom. The summed E-state index contributed by atoms with van der Waals surface area (Å²) in [6, 6.07) is 1.47. The van der Waals surface area contributed by atoms with Crippen LogP contribution < -0.4 is 4.72 Å². The second-order valence-corrected chi connectivity index (χ2v) is 5.66. The van der Waals surface area contributed by atoms with Gasteiger partial charge < -0.3 is 5.11 Å². The monoisotopic (exact) mass is 311 g/mol. The van der Waals surface area contributed by atoms with Crippen molar-refractivity contribution in [2.24, 2.45) is 0 Å². The van der Waals surface area contributed by atoms with Crippen LogP contribution in [-0.2, 0) is 21.0 Å². The third-order valence-electron chi connectivity index (χ3n) is 2.50. The lowest BCUT2D eigenvalue weighted by Crippen LogP contribution is -2.40. The molecule has 20 heavy (non-hydrogen) atoms. The van der Waals surface area contributed by atoms with Gasteiger partial charge in [-0.05, 0) is 30.7 Å². The molecule has 112 valence electrons. The number of hydrogen-bond donors (Lipinski definition) is 2. The van der Waals surface area contributed by atoms with Crippen LogP contribution in [0.4, 0.5) is 13.2 Å². The van der Waals surface area contributed by atoms with E-state index >= 15 is 0 Å². The molecule has 0 saturated heterocycles. The summed E-state index contributed by atoms with van der Waals surface area (Å²) in [4.78, 5) is 10.3. The highest BCUT2D eigenvalue weighted by Gasteiger charge is 2.31. The molecule has 0 amide bonds. The molecule has 9 heteroatoms. The first-order valence-corrected chi connectivity index (χ1v) is 6.98. The second-order valence-electron chi connectivity index (χ2n) is 3.94. The van der Waals surface area contributed by atoms with Gasteiger partial charge in [-0.3, -0.25) is 4.79 Å². The maximum absolute atomic E-state index is 12.3. The molecule has 0 heterocycles. The lowest BCUT2D eigenvalue weighted by atomic mass is 10.2. The molecule has 0 aliphatic heterocycles. The van der Waals surface area contributed by atoms with E-state index in [9.17, 15) is 26.4 Å². The number of aliphatic carboxylic acids is 1. The molecule has 0 saturated carbocycles. The maximum atomic E-state index is 12.3. The highest BCUT2D eigenvalue weighted by atomic mass is 32.2. The summed E-state index contributed by atoms with van der Waals surface area (Å²) in [6.45, 7) is 1.47. The van der Waals surface area contributed by atoms with Crippen molar-refractivity contribution in [3.05, 3.63) is 29.8 Å². The second kappa shape index (κ2) is 5.80. The zero-order chi connectivity index (χ0) is 15.6. The number of halogens is 3. The van der Waals surface area contributed by atoms with Crippen LogP contribution >= 0.6 is 0 Å². The number of hydrogen-bond acceptors (Lipinski definition) is 3. The number of nitrogens with one attached hydrogen (secondary N) is 1. The van der Waals surface area contributed by atoms with E-state index in [-0.39, 0.29) is 6.42 Å². The fourth-order valence-electron chi connectivity index (χ4n) is 1.39. The summed E-state index contributed by atoms with van der Waals surface area (Å²) < 4.78 is 62.6. The van der Waals surface area contributed by atoms with Crippen LogP contribution in [0.1, 0.15) is 18.9 Å². The first kappa shape index (κ1) is 16.4. The first-order chi connectivity index (χ1) is 9.08. The minimum Gasteiger partial charge on any atom is -0.480 e. The third kappa shape index (κ3) is 3.94. The Bertz CT molecular complexity index is 581. The molecule has 0 aliphatic rings. The van der Waals surface area contributed by atoms with E-state index < -0.39 is 38.7 Å². The van der Waals surface area contributed by atoms with Gasteiger partial charge >= 0.3 is 12.1 Å². The average Bonchev–Trinajstić information content (AvgIpc) is 2.35. The summed E-state index contributed by atoms with van der Waals surface area (Å²) in [6.07, 6.45) is -4.56. The van der Waals surface area contributed by atoms with E-state index in [1.54, 1.807) is 0 Å². The number of rotatable bonds is 5. The van der Waals surface area contributed by atoms with E-state index in [1.807, 2.05) is 4.72 Å². The molecule has 0 unspecified atom stereocenters. The molecule has 2 N–H and O–H groups in total. The molecule has 0 aliphatic carbocycles. The zero-order valence-corrected chi connectivity index (χ0v) is 11.1. The van der Waals surface area contributed by atoms with Gasteiger partial charge in [0.05, 0.1) is 10.5 Å². The Kier molecular flexibility index (Phi) is 4.77. The van der Waals surface area contributed by atoms with E-state index in [4.69, 9.17) is 5.11 Å². The Hall–Kier alpha value is -1.61. The van der Waals surface area contributed by atoms with Crippen molar-refractivity contribution < 1.29 is 31.5 Å². The lowest BCUT2D eigenvalue weighted by Gasteiger charge is -2.13. The molecular weight excluding hydrogens is 299 g/mol. The van der Waals surface area contributed by atoms with Crippen molar-refractivity contribution in [3.63, 3.8) is 0 Å². The number of carboxylic acids is 1. The summed E-state index contributed by atoms with van der Waals surface area (Å²) in [5, 5.41) is 8.76. The van der Waals surface area contributed by atoms with Crippen molar-refractivity contribution in [1.82, 2.24) is 4.72 Å². The number of carbonyl (C=O) groups is 1. The van der Waals surface area contributed by atoms with Gasteiger partial charge in [0.25, 0.3) is 0 Å². The number of carboxylic acid groups (broad SMARTS) is 1. The van der Waals surface area contributed by atoms with Crippen LogP contribution in [0.5, 0.6) is 0 Å².